The maximum Gasteiger partial charge on any atom is 0.330 e. The van der Waals surface area contributed by atoms with Crippen LogP contribution in [0.2, 0.25) is 0 Å². The average Bonchev–Trinajstić information content (AvgIpc) is 2.27. The van der Waals surface area contributed by atoms with Crippen LogP contribution in [0.4, 0.5) is 0 Å². The lowest BCUT2D eigenvalue weighted by molar-refractivity contribution is -0.137. The highest BCUT2D eigenvalue weighted by Crippen LogP contribution is 2.08. The van der Waals surface area contributed by atoms with Crippen LogP contribution in [0.5, 0.6) is 0 Å². The maximum atomic E-state index is 10.9. The molecule has 0 aliphatic heterocycles. The molecule has 0 aliphatic rings. The van der Waals surface area contributed by atoms with Crippen LogP contribution in [-0.4, -0.2) is 12.6 Å². The van der Waals surface area contributed by atoms with Crippen LogP contribution in [0, 0.1) is 0 Å². The summed E-state index contributed by atoms with van der Waals surface area (Å²) in [5.74, 6) is -0.217. The largest absolute Gasteiger partial charge is 0.463 e. The zero-order valence-corrected chi connectivity index (χ0v) is 10.8. The molecule has 0 spiro atoms. The molecule has 2 nitrogen and oxygen atoms in total. The predicted molar refractivity (Wildman–Crippen MR) is 68.4 cm³/mol. The van der Waals surface area contributed by atoms with Crippen molar-refractivity contribution < 1.29 is 9.53 Å². The summed E-state index contributed by atoms with van der Waals surface area (Å²) >= 11 is 0. The molecule has 0 fully saturated rings. The SMILES string of the molecule is CCCCCCCCCC=CC(=O)OCC. The van der Waals surface area contributed by atoms with Crippen LogP contribution in [0.1, 0.15) is 65.2 Å². The lowest BCUT2D eigenvalue weighted by Crippen LogP contribution is -1.98. The second kappa shape index (κ2) is 12.3. The Morgan fingerprint density at radius 1 is 1.00 bits per heavy atom. The fourth-order valence-corrected chi connectivity index (χ4v) is 1.59. The van der Waals surface area contributed by atoms with E-state index < -0.39 is 0 Å². The summed E-state index contributed by atoms with van der Waals surface area (Å²) in [5.41, 5.74) is 0. The number of esters is 1. The van der Waals surface area contributed by atoms with E-state index in [2.05, 4.69) is 6.92 Å². The van der Waals surface area contributed by atoms with E-state index in [-0.39, 0.29) is 5.97 Å². The molecule has 0 N–H and O–H groups in total. The summed E-state index contributed by atoms with van der Waals surface area (Å²) in [7, 11) is 0. The van der Waals surface area contributed by atoms with Crippen molar-refractivity contribution >= 4 is 5.97 Å². The van der Waals surface area contributed by atoms with Crippen LogP contribution in [0.15, 0.2) is 12.2 Å². The van der Waals surface area contributed by atoms with Crippen LogP contribution in [0.25, 0.3) is 0 Å². The summed E-state index contributed by atoms with van der Waals surface area (Å²) in [5, 5.41) is 0. The second-order valence-corrected chi connectivity index (χ2v) is 4.06. The van der Waals surface area contributed by atoms with Gasteiger partial charge in [-0.1, -0.05) is 51.5 Å². The van der Waals surface area contributed by atoms with Crippen molar-refractivity contribution in [2.45, 2.75) is 65.2 Å². The summed E-state index contributed by atoms with van der Waals surface area (Å²) in [6.45, 7) is 4.52. The van der Waals surface area contributed by atoms with Crippen molar-refractivity contribution in [3.05, 3.63) is 12.2 Å². The molecule has 0 heterocycles. The lowest BCUT2D eigenvalue weighted by Gasteiger charge is -1.99. The van der Waals surface area contributed by atoms with Crippen LogP contribution < -0.4 is 0 Å². The Morgan fingerprint density at radius 3 is 2.25 bits per heavy atom. The number of ether oxygens (including phenoxy) is 1. The highest BCUT2D eigenvalue weighted by molar-refractivity contribution is 5.81. The Hall–Kier alpha value is -0.790. The van der Waals surface area contributed by atoms with E-state index in [9.17, 15) is 4.79 Å². The van der Waals surface area contributed by atoms with Crippen LogP contribution in [0.3, 0.4) is 0 Å². The average molecular weight is 226 g/mol. The van der Waals surface area contributed by atoms with E-state index >= 15 is 0 Å². The molecule has 0 aromatic rings. The minimum Gasteiger partial charge on any atom is -0.463 e. The van der Waals surface area contributed by atoms with E-state index in [1.807, 2.05) is 13.0 Å². The number of carbonyl (C=O) groups is 1. The molecule has 0 radical (unpaired) electrons. The summed E-state index contributed by atoms with van der Waals surface area (Å²) in [6.07, 6.45) is 13.6. The molecule has 0 saturated carbocycles. The van der Waals surface area contributed by atoms with Gasteiger partial charge in [0.2, 0.25) is 0 Å². The quantitative estimate of drug-likeness (QED) is 0.316. The lowest BCUT2D eigenvalue weighted by atomic mass is 10.1. The number of hydrogen-bond acceptors (Lipinski definition) is 2. The normalized spacial score (nSPS) is 10.9. The molecule has 0 saturated heterocycles. The van der Waals surface area contributed by atoms with E-state index in [1.165, 1.54) is 44.9 Å². The fraction of sp³-hybridized carbons (Fsp3) is 0.786. The Bertz CT molecular complexity index is 185. The van der Waals surface area contributed by atoms with E-state index in [4.69, 9.17) is 4.74 Å². The number of allylic oxidation sites excluding steroid dienone is 1. The van der Waals surface area contributed by atoms with Crippen molar-refractivity contribution in [2.75, 3.05) is 6.61 Å². The highest BCUT2D eigenvalue weighted by atomic mass is 16.5. The topological polar surface area (TPSA) is 26.3 Å². The molecular weight excluding hydrogens is 200 g/mol. The molecule has 94 valence electrons. The summed E-state index contributed by atoms with van der Waals surface area (Å²) in [6, 6.07) is 0. The van der Waals surface area contributed by atoms with Gasteiger partial charge in [0.25, 0.3) is 0 Å². The van der Waals surface area contributed by atoms with E-state index in [0.717, 1.165) is 6.42 Å². The zero-order valence-electron chi connectivity index (χ0n) is 10.8. The predicted octanol–water partition coefficient (Wildman–Crippen LogP) is 4.25. The van der Waals surface area contributed by atoms with E-state index in [1.54, 1.807) is 6.08 Å². The van der Waals surface area contributed by atoms with Crippen LogP contribution >= 0.6 is 0 Å². The molecule has 0 unspecified atom stereocenters. The van der Waals surface area contributed by atoms with Crippen molar-refractivity contribution in [1.82, 2.24) is 0 Å². The third kappa shape index (κ3) is 11.3. The third-order valence-electron chi connectivity index (χ3n) is 2.51. The van der Waals surface area contributed by atoms with Gasteiger partial charge in [0.15, 0.2) is 0 Å². The number of hydrogen-bond donors (Lipinski definition) is 0. The summed E-state index contributed by atoms with van der Waals surface area (Å²) in [4.78, 5) is 10.9. The fourth-order valence-electron chi connectivity index (χ4n) is 1.59. The molecule has 16 heavy (non-hydrogen) atoms. The first-order valence-electron chi connectivity index (χ1n) is 6.64. The standard InChI is InChI=1S/C14H26O2/c1-3-5-6-7-8-9-10-11-12-13-14(15)16-4-2/h12-13H,3-11H2,1-2H3. The Balaban J connectivity index is 3.17. The van der Waals surface area contributed by atoms with Gasteiger partial charge in [0.1, 0.15) is 0 Å². The monoisotopic (exact) mass is 226 g/mol. The van der Waals surface area contributed by atoms with Gasteiger partial charge in [-0.3, -0.25) is 0 Å². The molecule has 0 amide bonds. The third-order valence-corrected chi connectivity index (χ3v) is 2.51. The minimum atomic E-state index is -0.217. The number of carbonyl (C=O) groups excluding carboxylic acids is 1. The molecule has 0 bridgehead atoms. The van der Waals surface area contributed by atoms with Crippen molar-refractivity contribution in [3.63, 3.8) is 0 Å². The number of rotatable bonds is 10. The van der Waals surface area contributed by atoms with Crippen molar-refractivity contribution in [2.24, 2.45) is 0 Å². The zero-order chi connectivity index (χ0) is 12.1. The van der Waals surface area contributed by atoms with Gasteiger partial charge in [0.05, 0.1) is 6.61 Å². The first-order valence-corrected chi connectivity index (χ1v) is 6.64. The first-order chi connectivity index (χ1) is 7.81. The van der Waals surface area contributed by atoms with Gasteiger partial charge < -0.3 is 4.74 Å². The molecule has 2 heteroatoms. The first kappa shape index (κ1) is 15.2. The van der Waals surface area contributed by atoms with Crippen molar-refractivity contribution in [3.8, 4) is 0 Å². The molecular formula is C14H26O2. The maximum absolute atomic E-state index is 10.9. The molecule has 0 rings (SSSR count). The van der Waals surface area contributed by atoms with Gasteiger partial charge in [-0.25, -0.2) is 4.79 Å². The van der Waals surface area contributed by atoms with Gasteiger partial charge >= 0.3 is 5.97 Å². The summed E-state index contributed by atoms with van der Waals surface area (Å²) < 4.78 is 4.79. The van der Waals surface area contributed by atoms with Gasteiger partial charge in [-0.05, 0) is 19.8 Å². The Kier molecular flexibility index (Phi) is 11.7. The molecule has 0 aliphatic carbocycles. The Morgan fingerprint density at radius 2 is 1.62 bits per heavy atom. The van der Waals surface area contributed by atoms with Gasteiger partial charge in [-0.15, -0.1) is 0 Å². The molecule has 0 atom stereocenters. The highest BCUT2D eigenvalue weighted by Gasteiger charge is 1.92. The number of unbranched alkanes of at least 4 members (excludes halogenated alkanes) is 7. The smallest absolute Gasteiger partial charge is 0.330 e. The Labute approximate surface area is 100 Å². The van der Waals surface area contributed by atoms with E-state index in [0.29, 0.717) is 6.61 Å². The molecule has 0 aromatic heterocycles. The van der Waals surface area contributed by atoms with Gasteiger partial charge in [0, 0.05) is 6.08 Å². The van der Waals surface area contributed by atoms with Crippen LogP contribution in [-0.2, 0) is 9.53 Å². The van der Waals surface area contributed by atoms with Crippen molar-refractivity contribution in [1.29, 1.82) is 0 Å². The minimum absolute atomic E-state index is 0.217. The second-order valence-electron chi connectivity index (χ2n) is 4.06. The van der Waals surface area contributed by atoms with Gasteiger partial charge in [-0.2, -0.15) is 0 Å². The molecule has 0 aromatic carbocycles.